The average molecular weight is 218 g/mol. The molecular weight excluding hydrogens is 200 g/mol. The van der Waals surface area contributed by atoms with Crippen molar-refractivity contribution in [1.82, 2.24) is 9.88 Å². The number of rotatable bonds is 3. The molecule has 0 N–H and O–H groups in total. The minimum atomic E-state index is 0.178. The van der Waals surface area contributed by atoms with Gasteiger partial charge in [0.25, 0.3) is 0 Å². The second-order valence-electron chi connectivity index (χ2n) is 4.36. The lowest BCUT2D eigenvalue weighted by Gasteiger charge is -2.07. The Morgan fingerprint density at radius 2 is 2.38 bits per heavy atom. The summed E-state index contributed by atoms with van der Waals surface area (Å²) in [5.41, 5.74) is 3.63. The summed E-state index contributed by atoms with van der Waals surface area (Å²) in [4.78, 5) is 6.60. The molecule has 0 spiro atoms. The highest BCUT2D eigenvalue weighted by molar-refractivity contribution is 5.70. The summed E-state index contributed by atoms with van der Waals surface area (Å²) in [7, 11) is 5.90. The van der Waals surface area contributed by atoms with Crippen LogP contribution in [-0.2, 0) is 4.74 Å². The molecule has 1 aliphatic carbocycles. The zero-order chi connectivity index (χ0) is 11.5. The van der Waals surface area contributed by atoms with Crippen molar-refractivity contribution in [3.05, 3.63) is 35.7 Å². The van der Waals surface area contributed by atoms with E-state index in [2.05, 4.69) is 36.1 Å². The van der Waals surface area contributed by atoms with Crippen LogP contribution < -0.4 is 0 Å². The maximum Gasteiger partial charge on any atom is 0.0883 e. The highest BCUT2D eigenvalue weighted by atomic mass is 16.5. The molecule has 1 heterocycles. The van der Waals surface area contributed by atoms with Crippen LogP contribution in [0.25, 0.3) is 5.57 Å². The van der Waals surface area contributed by atoms with Crippen molar-refractivity contribution in [1.29, 1.82) is 0 Å². The normalized spacial score (nSPS) is 21.8. The van der Waals surface area contributed by atoms with Gasteiger partial charge in [-0.15, -0.1) is 0 Å². The van der Waals surface area contributed by atoms with Crippen molar-refractivity contribution >= 4 is 5.57 Å². The molecule has 0 amide bonds. The Labute approximate surface area is 96.7 Å². The highest BCUT2D eigenvalue weighted by Gasteiger charge is 2.26. The van der Waals surface area contributed by atoms with Gasteiger partial charge in [0, 0.05) is 31.8 Å². The van der Waals surface area contributed by atoms with E-state index in [1.807, 2.05) is 12.3 Å². The molecule has 0 radical (unpaired) electrons. The van der Waals surface area contributed by atoms with Crippen LogP contribution in [0.4, 0.5) is 0 Å². The second kappa shape index (κ2) is 4.76. The molecular formula is C13H18N2O. The summed E-state index contributed by atoms with van der Waals surface area (Å²) in [5.74, 6) is 0. The third-order valence-corrected chi connectivity index (χ3v) is 2.88. The first-order valence-corrected chi connectivity index (χ1v) is 5.54. The molecule has 1 atom stereocenters. The number of fused-ring (bicyclic) bond motifs is 1. The third kappa shape index (κ3) is 2.15. The van der Waals surface area contributed by atoms with Gasteiger partial charge in [0.05, 0.1) is 11.8 Å². The van der Waals surface area contributed by atoms with Gasteiger partial charge in [-0.05, 0) is 25.7 Å². The van der Waals surface area contributed by atoms with Crippen LogP contribution in [0.3, 0.4) is 0 Å². The van der Waals surface area contributed by atoms with E-state index in [0.717, 1.165) is 18.7 Å². The van der Waals surface area contributed by atoms with E-state index in [-0.39, 0.29) is 6.10 Å². The number of aromatic nitrogens is 1. The molecule has 1 aliphatic rings. The van der Waals surface area contributed by atoms with Crippen molar-refractivity contribution in [3.63, 3.8) is 0 Å². The van der Waals surface area contributed by atoms with Crippen LogP contribution in [-0.4, -0.2) is 37.6 Å². The maximum atomic E-state index is 5.48. The molecule has 86 valence electrons. The van der Waals surface area contributed by atoms with Crippen molar-refractivity contribution < 1.29 is 4.74 Å². The molecule has 3 nitrogen and oxygen atoms in total. The van der Waals surface area contributed by atoms with E-state index < -0.39 is 0 Å². The molecule has 1 aromatic rings. The fraction of sp³-hybridized carbons (Fsp3) is 0.462. The highest BCUT2D eigenvalue weighted by Crippen LogP contribution is 2.39. The van der Waals surface area contributed by atoms with Gasteiger partial charge in [-0.2, -0.15) is 0 Å². The van der Waals surface area contributed by atoms with Crippen LogP contribution in [0.2, 0.25) is 0 Å². The standard InChI is InChI=1S/C13H18N2O/c1-15(2)8-6-10-9-12(16-3)11-5-4-7-14-13(10)11/h4-7,12H,8-9H2,1-3H3/b10-6+. The van der Waals surface area contributed by atoms with Crippen LogP contribution in [0, 0.1) is 0 Å². The topological polar surface area (TPSA) is 25.4 Å². The Hall–Kier alpha value is -1.19. The van der Waals surface area contributed by atoms with Gasteiger partial charge in [-0.1, -0.05) is 12.1 Å². The van der Waals surface area contributed by atoms with E-state index in [0.29, 0.717) is 0 Å². The van der Waals surface area contributed by atoms with Crippen LogP contribution >= 0.6 is 0 Å². The van der Waals surface area contributed by atoms with Gasteiger partial charge in [-0.3, -0.25) is 4.98 Å². The molecule has 2 rings (SSSR count). The molecule has 0 aliphatic heterocycles. The van der Waals surface area contributed by atoms with Gasteiger partial charge in [0.15, 0.2) is 0 Å². The van der Waals surface area contributed by atoms with Crippen LogP contribution in [0.5, 0.6) is 0 Å². The van der Waals surface area contributed by atoms with Gasteiger partial charge in [0.2, 0.25) is 0 Å². The van der Waals surface area contributed by atoms with E-state index >= 15 is 0 Å². The van der Waals surface area contributed by atoms with Crippen molar-refractivity contribution in [3.8, 4) is 0 Å². The van der Waals surface area contributed by atoms with Gasteiger partial charge in [-0.25, -0.2) is 0 Å². The Balaban J connectivity index is 2.29. The molecule has 0 bridgehead atoms. The Morgan fingerprint density at radius 1 is 1.56 bits per heavy atom. The molecule has 1 aromatic heterocycles. The molecule has 0 saturated carbocycles. The number of ether oxygens (including phenoxy) is 1. The van der Waals surface area contributed by atoms with Crippen molar-refractivity contribution in [2.24, 2.45) is 0 Å². The van der Waals surface area contributed by atoms with Crippen molar-refractivity contribution in [2.75, 3.05) is 27.7 Å². The number of hydrogen-bond acceptors (Lipinski definition) is 3. The average Bonchev–Trinajstić information content (AvgIpc) is 2.65. The predicted octanol–water partition coefficient (Wildman–Crippen LogP) is 2.12. The smallest absolute Gasteiger partial charge is 0.0883 e. The van der Waals surface area contributed by atoms with Crippen LogP contribution in [0.15, 0.2) is 24.4 Å². The SMILES string of the molecule is COC1C/C(=C\CN(C)C)c2ncccc21. The lowest BCUT2D eigenvalue weighted by molar-refractivity contribution is 0.112. The molecule has 3 heteroatoms. The minimum Gasteiger partial charge on any atom is -0.376 e. The summed E-state index contributed by atoms with van der Waals surface area (Å²) in [5, 5.41) is 0. The number of likely N-dealkylation sites (N-methyl/N-ethyl adjacent to an activating group) is 1. The summed E-state index contributed by atoms with van der Waals surface area (Å²) < 4.78 is 5.48. The minimum absolute atomic E-state index is 0.178. The zero-order valence-electron chi connectivity index (χ0n) is 10.1. The molecule has 0 aromatic carbocycles. The van der Waals surface area contributed by atoms with E-state index in [9.17, 15) is 0 Å². The van der Waals surface area contributed by atoms with Gasteiger partial charge >= 0.3 is 0 Å². The van der Waals surface area contributed by atoms with E-state index in [4.69, 9.17) is 4.74 Å². The van der Waals surface area contributed by atoms with E-state index in [1.165, 1.54) is 11.1 Å². The Morgan fingerprint density at radius 3 is 3.06 bits per heavy atom. The molecule has 0 saturated heterocycles. The number of hydrogen-bond donors (Lipinski definition) is 0. The fourth-order valence-electron chi connectivity index (χ4n) is 2.04. The third-order valence-electron chi connectivity index (χ3n) is 2.88. The van der Waals surface area contributed by atoms with Crippen LogP contribution in [0.1, 0.15) is 23.8 Å². The predicted molar refractivity (Wildman–Crippen MR) is 65.1 cm³/mol. The lowest BCUT2D eigenvalue weighted by Crippen LogP contribution is -2.11. The van der Waals surface area contributed by atoms with Gasteiger partial charge < -0.3 is 9.64 Å². The molecule has 1 unspecified atom stereocenters. The summed E-state index contributed by atoms with van der Waals surface area (Å²) >= 11 is 0. The first kappa shape index (κ1) is 11.3. The quantitative estimate of drug-likeness (QED) is 0.777. The number of methoxy groups -OCH3 is 1. The number of pyridine rings is 1. The first-order chi connectivity index (χ1) is 7.72. The number of nitrogens with zero attached hydrogens (tertiary/aromatic N) is 2. The summed E-state index contributed by atoms with van der Waals surface area (Å²) in [6.07, 6.45) is 5.21. The molecule has 16 heavy (non-hydrogen) atoms. The van der Waals surface area contributed by atoms with Crippen molar-refractivity contribution in [2.45, 2.75) is 12.5 Å². The maximum absolute atomic E-state index is 5.48. The summed E-state index contributed by atoms with van der Waals surface area (Å²) in [6, 6.07) is 4.08. The van der Waals surface area contributed by atoms with Gasteiger partial charge in [0.1, 0.15) is 0 Å². The lowest BCUT2D eigenvalue weighted by atomic mass is 10.2. The Bertz CT molecular complexity index is 399. The zero-order valence-corrected chi connectivity index (χ0v) is 10.1. The fourth-order valence-corrected chi connectivity index (χ4v) is 2.04. The van der Waals surface area contributed by atoms with E-state index in [1.54, 1.807) is 7.11 Å². The Kier molecular flexibility index (Phi) is 3.36. The summed E-state index contributed by atoms with van der Waals surface area (Å²) in [6.45, 7) is 0.946. The monoisotopic (exact) mass is 218 g/mol. The second-order valence-corrected chi connectivity index (χ2v) is 4.36. The largest absolute Gasteiger partial charge is 0.376 e. The first-order valence-electron chi connectivity index (χ1n) is 5.54. The molecule has 0 fully saturated rings.